The Bertz CT molecular complexity index is 170. The minimum Gasteiger partial charge on any atom is -0.396 e. The first-order valence-electron chi connectivity index (χ1n) is 6.82. The molecule has 0 aliphatic carbocycles. The van der Waals surface area contributed by atoms with Crippen LogP contribution < -0.4 is 0 Å². The topological polar surface area (TPSA) is 20.2 Å². The fourth-order valence-electron chi connectivity index (χ4n) is 1.52. The van der Waals surface area contributed by atoms with Gasteiger partial charge in [0.1, 0.15) is 0 Å². The fourth-order valence-corrected chi connectivity index (χ4v) is 1.52. The van der Waals surface area contributed by atoms with Crippen molar-refractivity contribution >= 4 is 0 Å². The van der Waals surface area contributed by atoms with Crippen LogP contribution in [0.3, 0.4) is 0 Å². The molecule has 0 aromatic carbocycles. The Hall–Kier alpha value is -0.560. The highest BCUT2D eigenvalue weighted by Gasteiger charge is 1.84. The molecule has 0 aliphatic heterocycles. The van der Waals surface area contributed by atoms with Crippen molar-refractivity contribution in [2.24, 2.45) is 0 Å². The maximum absolute atomic E-state index is 8.60. The summed E-state index contributed by atoms with van der Waals surface area (Å²) in [5, 5.41) is 8.60. The van der Waals surface area contributed by atoms with Crippen LogP contribution in [0.4, 0.5) is 0 Å². The average molecular weight is 224 g/mol. The Kier molecular flexibility index (Phi) is 13.9. The third-order valence-electron chi connectivity index (χ3n) is 2.58. The second kappa shape index (κ2) is 14.4. The SMILES string of the molecule is CCCCC=CCCCC=CCCCCO. The van der Waals surface area contributed by atoms with Crippen molar-refractivity contribution in [3.8, 4) is 0 Å². The van der Waals surface area contributed by atoms with Crippen molar-refractivity contribution in [3.63, 3.8) is 0 Å². The van der Waals surface area contributed by atoms with E-state index < -0.39 is 0 Å². The van der Waals surface area contributed by atoms with Gasteiger partial charge in [0.2, 0.25) is 0 Å². The van der Waals surface area contributed by atoms with E-state index >= 15 is 0 Å². The third-order valence-corrected chi connectivity index (χ3v) is 2.58. The van der Waals surface area contributed by atoms with Crippen LogP contribution in [0.5, 0.6) is 0 Å². The lowest BCUT2D eigenvalue weighted by Gasteiger charge is -1.93. The lowest BCUT2D eigenvalue weighted by atomic mass is 10.1. The van der Waals surface area contributed by atoms with Gasteiger partial charge in [0.05, 0.1) is 0 Å². The molecule has 16 heavy (non-hydrogen) atoms. The molecule has 0 heterocycles. The van der Waals surface area contributed by atoms with Crippen LogP contribution in [-0.4, -0.2) is 11.7 Å². The molecule has 0 fully saturated rings. The van der Waals surface area contributed by atoms with Crippen molar-refractivity contribution < 1.29 is 5.11 Å². The standard InChI is InChI=1S/C15H28O/c1-2-3-4-5-6-7-8-9-10-11-12-13-14-15-16/h5-6,10-11,16H,2-4,7-9,12-15H2,1H3. The van der Waals surface area contributed by atoms with Gasteiger partial charge in [0.15, 0.2) is 0 Å². The average Bonchev–Trinajstić information content (AvgIpc) is 2.31. The van der Waals surface area contributed by atoms with E-state index in [-0.39, 0.29) is 0 Å². The van der Waals surface area contributed by atoms with Crippen molar-refractivity contribution in [1.29, 1.82) is 0 Å². The summed E-state index contributed by atoms with van der Waals surface area (Å²) in [7, 11) is 0. The molecule has 1 nitrogen and oxygen atoms in total. The molecule has 94 valence electrons. The van der Waals surface area contributed by atoms with Crippen LogP contribution in [0.25, 0.3) is 0 Å². The summed E-state index contributed by atoms with van der Waals surface area (Å²) in [5.41, 5.74) is 0. The van der Waals surface area contributed by atoms with Crippen molar-refractivity contribution in [2.45, 2.75) is 64.7 Å². The minimum atomic E-state index is 0.330. The van der Waals surface area contributed by atoms with E-state index in [4.69, 9.17) is 5.11 Å². The van der Waals surface area contributed by atoms with Crippen LogP contribution >= 0.6 is 0 Å². The van der Waals surface area contributed by atoms with Crippen LogP contribution in [-0.2, 0) is 0 Å². The van der Waals surface area contributed by atoms with Gasteiger partial charge in [-0.15, -0.1) is 0 Å². The molecule has 0 saturated heterocycles. The number of hydrogen-bond acceptors (Lipinski definition) is 1. The van der Waals surface area contributed by atoms with Crippen LogP contribution in [0, 0.1) is 0 Å². The van der Waals surface area contributed by atoms with Gasteiger partial charge >= 0.3 is 0 Å². The maximum atomic E-state index is 8.60. The molecular formula is C15H28O. The number of hydrogen-bond donors (Lipinski definition) is 1. The number of aliphatic hydroxyl groups excluding tert-OH is 1. The lowest BCUT2D eigenvalue weighted by Crippen LogP contribution is -1.80. The smallest absolute Gasteiger partial charge is 0.0431 e. The summed E-state index contributed by atoms with van der Waals surface area (Å²) in [5.74, 6) is 0. The fraction of sp³-hybridized carbons (Fsp3) is 0.733. The highest BCUT2D eigenvalue weighted by atomic mass is 16.2. The largest absolute Gasteiger partial charge is 0.396 e. The molecule has 0 radical (unpaired) electrons. The summed E-state index contributed by atoms with van der Waals surface area (Å²) in [6, 6.07) is 0. The van der Waals surface area contributed by atoms with E-state index in [0.717, 1.165) is 19.3 Å². The molecule has 0 rings (SSSR count). The van der Waals surface area contributed by atoms with Crippen molar-refractivity contribution in [3.05, 3.63) is 24.3 Å². The van der Waals surface area contributed by atoms with Gasteiger partial charge in [-0.3, -0.25) is 0 Å². The van der Waals surface area contributed by atoms with Crippen molar-refractivity contribution in [2.75, 3.05) is 6.61 Å². The first-order valence-corrected chi connectivity index (χ1v) is 6.82. The zero-order valence-electron chi connectivity index (χ0n) is 10.8. The second-order valence-corrected chi connectivity index (χ2v) is 4.24. The van der Waals surface area contributed by atoms with Crippen LogP contribution in [0.2, 0.25) is 0 Å². The van der Waals surface area contributed by atoms with E-state index in [1.54, 1.807) is 0 Å². The van der Waals surface area contributed by atoms with Crippen LogP contribution in [0.1, 0.15) is 64.7 Å². The van der Waals surface area contributed by atoms with Gasteiger partial charge in [-0.2, -0.15) is 0 Å². The molecule has 0 atom stereocenters. The first kappa shape index (κ1) is 15.4. The van der Waals surface area contributed by atoms with Crippen LogP contribution in [0.15, 0.2) is 24.3 Å². The molecule has 1 heteroatoms. The Labute approximate surface area is 101 Å². The highest BCUT2D eigenvalue weighted by Crippen LogP contribution is 2.02. The lowest BCUT2D eigenvalue weighted by molar-refractivity contribution is 0.285. The predicted octanol–water partition coefficient (Wildman–Crippen LogP) is 4.62. The first-order chi connectivity index (χ1) is 7.91. The van der Waals surface area contributed by atoms with E-state index in [1.807, 2.05) is 0 Å². The minimum absolute atomic E-state index is 0.330. The monoisotopic (exact) mass is 224 g/mol. The molecule has 0 aromatic rings. The third kappa shape index (κ3) is 13.4. The molecule has 0 saturated carbocycles. The summed E-state index contributed by atoms with van der Waals surface area (Å²) in [4.78, 5) is 0. The quantitative estimate of drug-likeness (QED) is 0.401. The normalized spacial score (nSPS) is 11.9. The molecule has 1 N–H and O–H groups in total. The van der Waals surface area contributed by atoms with Crippen molar-refractivity contribution in [1.82, 2.24) is 0 Å². The molecule has 0 spiro atoms. The van der Waals surface area contributed by atoms with Gasteiger partial charge in [-0.05, 0) is 44.9 Å². The summed E-state index contributed by atoms with van der Waals surface area (Å²) < 4.78 is 0. The Morgan fingerprint density at radius 2 is 1.19 bits per heavy atom. The molecule has 0 bridgehead atoms. The zero-order valence-corrected chi connectivity index (χ0v) is 10.8. The maximum Gasteiger partial charge on any atom is 0.0431 e. The second-order valence-electron chi connectivity index (χ2n) is 4.24. The Morgan fingerprint density at radius 3 is 1.69 bits per heavy atom. The molecule has 0 amide bonds. The van der Waals surface area contributed by atoms with E-state index in [1.165, 1.54) is 38.5 Å². The molecule has 0 aromatic heterocycles. The Morgan fingerprint density at radius 1 is 0.688 bits per heavy atom. The van der Waals surface area contributed by atoms with Gasteiger partial charge < -0.3 is 5.11 Å². The van der Waals surface area contributed by atoms with Gasteiger partial charge in [-0.25, -0.2) is 0 Å². The van der Waals surface area contributed by atoms with E-state index in [0.29, 0.717) is 6.61 Å². The Balaban J connectivity index is 3.10. The molecule has 0 aliphatic rings. The highest BCUT2D eigenvalue weighted by molar-refractivity contribution is 4.85. The zero-order chi connectivity index (χ0) is 11.9. The number of allylic oxidation sites excluding steroid dienone is 4. The number of aliphatic hydroxyl groups is 1. The van der Waals surface area contributed by atoms with E-state index in [9.17, 15) is 0 Å². The van der Waals surface area contributed by atoms with Gasteiger partial charge in [-0.1, -0.05) is 44.1 Å². The summed E-state index contributed by atoms with van der Waals surface area (Å²) in [6.07, 6.45) is 19.8. The molecule has 0 unspecified atom stereocenters. The van der Waals surface area contributed by atoms with E-state index in [2.05, 4.69) is 31.2 Å². The van der Waals surface area contributed by atoms with Gasteiger partial charge in [0, 0.05) is 6.61 Å². The molecular weight excluding hydrogens is 196 g/mol. The summed E-state index contributed by atoms with van der Waals surface area (Å²) >= 11 is 0. The number of unbranched alkanes of at least 4 members (excludes halogenated alkanes) is 6. The number of rotatable bonds is 11. The summed E-state index contributed by atoms with van der Waals surface area (Å²) in [6.45, 7) is 2.56. The van der Waals surface area contributed by atoms with Gasteiger partial charge in [0.25, 0.3) is 0 Å². The predicted molar refractivity (Wildman–Crippen MR) is 72.6 cm³/mol.